The highest BCUT2D eigenvalue weighted by molar-refractivity contribution is 7.91. The summed E-state index contributed by atoms with van der Waals surface area (Å²) in [6.07, 6.45) is 0.644. The lowest BCUT2D eigenvalue weighted by molar-refractivity contribution is 0.0951. The molecule has 0 bridgehead atoms. The van der Waals surface area contributed by atoms with Crippen molar-refractivity contribution in [1.29, 1.82) is 0 Å². The van der Waals surface area contributed by atoms with Gasteiger partial charge in [0.1, 0.15) is 0 Å². The van der Waals surface area contributed by atoms with Crippen LogP contribution in [0.2, 0.25) is 5.02 Å². The van der Waals surface area contributed by atoms with Gasteiger partial charge in [-0.05, 0) is 36.2 Å². The number of halogens is 1. The van der Waals surface area contributed by atoms with E-state index in [1.807, 2.05) is 12.1 Å². The third-order valence-electron chi connectivity index (χ3n) is 3.46. The molecule has 0 aliphatic carbocycles. The second-order valence-corrected chi connectivity index (χ2v) is 7.72. The van der Waals surface area contributed by atoms with Crippen LogP contribution in [0, 0.1) is 0 Å². The largest absolute Gasteiger partial charge is 0.352 e. The van der Waals surface area contributed by atoms with E-state index in [4.69, 9.17) is 11.6 Å². The molecule has 0 aliphatic rings. The summed E-state index contributed by atoms with van der Waals surface area (Å²) >= 11 is 5.82. The second kappa shape index (κ2) is 7.62. The monoisotopic (exact) mass is 351 g/mol. The molecular formula is C17H18ClNO3S. The van der Waals surface area contributed by atoms with Crippen LogP contribution in [-0.4, -0.2) is 26.6 Å². The highest BCUT2D eigenvalue weighted by Crippen LogP contribution is 2.17. The summed E-state index contributed by atoms with van der Waals surface area (Å²) in [5.74, 6) is -0.422. The zero-order valence-corrected chi connectivity index (χ0v) is 14.3. The summed E-state index contributed by atoms with van der Waals surface area (Å²) < 4.78 is 24.1. The summed E-state index contributed by atoms with van der Waals surface area (Å²) in [6, 6.07) is 13.6. The van der Waals surface area contributed by atoms with Crippen molar-refractivity contribution in [3.63, 3.8) is 0 Å². The van der Waals surface area contributed by atoms with Gasteiger partial charge in [-0.1, -0.05) is 42.8 Å². The molecule has 23 heavy (non-hydrogen) atoms. The van der Waals surface area contributed by atoms with Gasteiger partial charge < -0.3 is 5.32 Å². The van der Waals surface area contributed by atoms with E-state index in [0.717, 1.165) is 5.56 Å². The average molecular weight is 352 g/mol. The van der Waals surface area contributed by atoms with Crippen LogP contribution in [0.1, 0.15) is 22.8 Å². The molecule has 2 rings (SSSR count). The lowest BCUT2D eigenvalue weighted by Crippen LogP contribution is -2.27. The van der Waals surface area contributed by atoms with Gasteiger partial charge in [0.05, 0.1) is 16.2 Å². The number of amides is 1. The van der Waals surface area contributed by atoms with E-state index in [1.165, 1.54) is 12.1 Å². The van der Waals surface area contributed by atoms with Gasteiger partial charge in [-0.15, -0.1) is 0 Å². The Kier molecular flexibility index (Phi) is 5.80. The molecule has 0 fully saturated rings. The Hall–Kier alpha value is -1.85. The number of sulfone groups is 1. The fraction of sp³-hybridized carbons (Fsp3) is 0.235. The Balaban J connectivity index is 2.05. The Morgan fingerprint density at radius 1 is 1.09 bits per heavy atom. The summed E-state index contributed by atoms with van der Waals surface area (Å²) in [5.41, 5.74) is 1.23. The minimum absolute atomic E-state index is 0.0396. The molecule has 1 amide bonds. The summed E-state index contributed by atoms with van der Waals surface area (Å²) in [4.78, 5) is 12.4. The first-order chi connectivity index (χ1) is 10.9. The molecular weight excluding hydrogens is 334 g/mol. The van der Waals surface area contributed by atoms with E-state index < -0.39 is 9.84 Å². The molecule has 4 nitrogen and oxygen atoms in total. The van der Waals surface area contributed by atoms with Crippen LogP contribution in [0.3, 0.4) is 0 Å². The average Bonchev–Trinajstić information content (AvgIpc) is 2.56. The van der Waals surface area contributed by atoms with E-state index in [2.05, 4.69) is 5.32 Å². The molecule has 0 heterocycles. The lowest BCUT2D eigenvalue weighted by atomic mass is 10.1. The number of carbonyl (C=O) groups excluding carboxylic acids is 1. The first kappa shape index (κ1) is 17.5. The number of hydrogen-bond acceptors (Lipinski definition) is 3. The smallest absolute Gasteiger partial charge is 0.252 e. The molecule has 2 aromatic carbocycles. The van der Waals surface area contributed by atoms with Crippen molar-refractivity contribution in [2.75, 3.05) is 12.3 Å². The molecule has 0 spiro atoms. The highest BCUT2D eigenvalue weighted by atomic mass is 35.5. The number of benzene rings is 2. The topological polar surface area (TPSA) is 63.2 Å². The Labute approximate surface area is 141 Å². The van der Waals surface area contributed by atoms with E-state index in [9.17, 15) is 13.2 Å². The Morgan fingerprint density at radius 3 is 2.39 bits per heavy atom. The molecule has 0 atom stereocenters. The molecule has 1 N–H and O–H groups in total. The highest BCUT2D eigenvalue weighted by Gasteiger charge is 2.20. The van der Waals surface area contributed by atoms with Gasteiger partial charge in [-0.3, -0.25) is 4.79 Å². The standard InChI is InChI=1S/C17H18ClNO3S/c1-2-23(21,22)16-6-4-3-5-15(16)17(20)19-12-11-13-7-9-14(18)10-8-13/h3-10H,2,11-12H2,1H3,(H,19,20). The van der Waals surface area contributed by atoms with Gasteiger partial charge in [0, 0.05) is 11.6 Å². The van der Waals surface area contributed by atoms with Gasteiger partial charge >= 0.3 is 0 Å². The van der Waals surface area contributed by atoms with Crippen LogP contribution in [0.4, 0.5) is 0 Å². The molecule has 2 aromatic rings. The minimum Gasteiger partial charge on any atom is -0.352 e. The van der Waals surface area contributed by atoms with Crippen molar-refractivity contribution in [3.8, 4) is 0 Å². The third-order valence-corrected chi connectivity index (χ3v) is 5.50. The summed E-state index contributed by atoms with van der Waals surface area (Å²) in [6.45, 7) is 1.98. The van der Waals surface area contributed by atoms with Crippen molar-refractivity contribution in [2.24, 2.45) is 0 Å². The van der Waals surface area contributed by atoms with Crippen molar-refractivity contribution in [3.05, 3.63) is 64.7 Å². The van der Waals surface area contributed by atoms with Crippen molar-refractivity contribution < 1.29 is 13.2 Å². The van der Waals surface area contributed by atoms with Gasteiger partial charge in [0.15, 0.2) is 9.84 Å². The number of nitrogens with one attached hydrogen (secondary N) is 1. The molecule has 0 saturated heterocycles. The predicted molar refractivity (Wildman–Crippen MR) is 91.7 cm³/mol. The normalized spacial score (nSPS) is 11.2. The van der Waals surface area contributed by atoms with Crippen molar-refractivity contribution in [2.45, 2.75) is 18.2 Å². The van der Waals surface area contributed by atoms with Gasteiger partial charge in [0.25, 0.3) is 5.91 Å². The molecule has 0 aromatic heterocycles. The second-order valence-electron chi connectivity index (χ2n) is 5.03. The van der Waals surface area contributed by atoms with Crippen LogP contribution in [0.15, 0.2) is 53.4 Å². The molecule has 6 heteroatoms. The van der Waals surface area contributed by atoms with E-state index >= 15 is 0 Å². The van der Waals surface area contributed by atoms with Gasteiger partial charge in [0.2, 0.25) is 0 Å². The molecule has 0 radical (unpaired) electrons. The first-order valence-electron chi connectivity index (χ1n) is 7.28. The van der Waals surface area contributed by atoms with Crippen LogP contribution < -0.4 is 5.32 Å². The van der Waals surface area contributed by atoms with Gasteiger partial charge in [-0.2, -0.15) is 0 Å². The molecule has 0 saturated carbocycles. The maximum absolute atomic E-state index is 12.3. The number of carbonyl (C=O) groups is 1. The Bertz CT molecular complexity index is 786. The first-order valence-corrected chi connectivity index (χ1v) is 9.31. The van der Waals surface area contributed by atoms with E-state index in [1.54, 1.807) is 31.2 Å². The number of hydrogen-bond donors (Lipinski definition) is 1. The quantitative estimate of drug-likeness (QED) is 0.869. The minimum atomic E-state index is -3.43. The van der Waals surface area contributed by atoms with Crippen LogP contribution in [0.5, 0.6) is 0 Å². The SMILES string of the molecule is CCS(=O)(=O)c1ccccc1C(=O)NCCc1ccc(Cl)cc1. The molecule has 0 unspecified atom stereocenters. The van der Waals surface area contributed by atoms with Crippen LogP contribution in [-0.2, 0) is 16.3 Å². The van der Waals surface area contributed by atoms with Crippen LogP contribution >= 0.6 is 11.6 Å². The zero-order chi connectivity index (χ0) is 16.9. The molecule has 0 aliphatic heterocycles. The third kappa shape index (κ3) is 4.56. The fourth-order valence-corrected chi connectivity index (χ4v) is 3.37. The van der Waals surface area contributed by atoms with E-state index in [-0.39, 0.29) is 22.1 Å². The molecule has 122 valence electrons. The van der Waals surface area contributed by atoms with E-state index in [0.29, 0.717) is 18.0 Å². The fourth-order valence-electron chi connectivity index (χ4n) is 2.15. The predicted octanol–water partition coefficient (Wildman–Crippen LogP) is 3.11. The summed E-state index contributed by atoms with van der Waals surface area (Å²) in [7, 11) is -3.43. The lowest BCUT2D eigenvalue weighted by Gasteiger charge is -2.10. The Morgan fingerprint density at radius 2 is 1.74 bits per heavy atom. The summed E-state index contributed by atoms with van der Waals surface area (Å²) in [5, 5.41) is 3.43. The van der Waals surface area contributed by atoms with Crippen LogP contribution in [0.25, 0.3) is 0 Å². The number of rotatable bonds is 6. The maximum atomic E-state index is 12.3. The zero-order valence-electron chi connectivity index (χ0n) is 12.8. The maximum Gasteiger partial charge on any atom is 0.252 e. The van der Waals surface area contributed by atoms with Crippen molar-refractivity contribution in [1.82, 2.24) is 5.32 Å². The van der Waals surface area contributed by atoms with Gasteiger partial charge in [-0.25, -0.2) is 8.42 Å². The van der Waals surface area contributed by atoms with Crippen molar-refractivity contribution >= 4 is 27.3 Å².